The molecule has 0 aliphatic carbocycles. The van der Waals surface area contributed by atoms with E-state index in [1.54, 1.807) is 38.5 Å². The summed E-state index contributed by atoms with van der Waals surface area (Å²) in [6, 6.07) is 7.36. The average Bonchev–Trinajstić information content (AvgIpc) is 3.23. The molecule has 28 heavy (non-hydrogen) atoms. The summed E-state index contributed by atoms with van der Waals surface area (Å²) in [4.78, 5) is 23.3. The second-order valence-electron chi connectivity index (χ2n) is 6.24. The van der Waals surface area contributed by atoms with Crippen LogP contribution in [0.4, 0.5) is 13.9 Å². The van der Waals surface area contributed by atoms with Gasteiger partial charge in [0.2, 0.25) is 0 Å². The lowest BCUT2D eigenvalue weighted by molar-refractivity contribution is 0.0975. The highest BCUT2D eigenvalue weighted by Gasteiger charge is 2.26. The summed E-state index contributed by atoms with van der Waals surface area (Å²) >= 11 is 1.05. The van der Waals surface area contributed by atoms with E-state index < -0.39 is 11.6 Å². The molecule has 0 aliphatic rings. The molecule has 0 bridgehead atoms. The Morgan fingerprint density at radius 1 is 1.29 bits per heavy atom. The van der Waals surface area contributed by atoms with E-state index in [2.05, 4.69) is 15.1 Å². The normalized spacial score (nSPS) is 11.1. The van der Waals surface area contributed by atoms with Crippen LogP contribution in [0.5, 0.6) is 0 Å². The first-order valence-corrected chi connectivity index (χ1v) is 9.21. The first kappa shape index (κ1) is 18.2. The number of aromatic nitrogens is 4. The number of halogens is 2. The minimum absolute atomic E-state index is 0.0296. The summed E-state index contributed by atoms with van der Waals surface area (Å²) in [6.45, 7) is 1.92. The molecule has 0 spiro atoms. The number of nitrogens with zero attached hydrogens (tertiary/aromatic N) is 5. The van der Waals surface area contributed by atoms with Crippen molar-refractivity contribution < 1.29 is 13.6 Å². The van der Waals surface area contributed by atoms with Crippen LogP contribution >= 0.6 is 11.3 Å². The van der Waals surface area contributed by atoms with E-state index in [0.29, 0.717) is 21.7 Å². The van der Waals surface area contributed by atoms with Crippen molar-refractivity contribution in [1.82, 2.24) is 19.7 Å². The molecule has 4 rings (SSSR count). The molecule has 0 atom stereocenters. The monoisotopic (exact) mass is 399 g/mol. The highest BCUT2D eigenvalue weighted by molar-refractivity contribution is 7.22. The van der Waals surface area contributed by atoms with Gasteiger partial charge in [0.05, 0.1) is 23.1 Å². The molecule has 4 aromatic rings. The number of benzene rings is 1. The first-order valence-electron chi connectivity index (χ1n) is 8.40. The third-order valence-corrected chi connectivity index (χ3v) is 5.27. The standard InChI is InChI=1S/C19H15F2N5OS/c1-11-9-23-25(2)17(11)18(27)26(10-13-5-3-4-6-22-13)19-24-16-14(21)7-12(20)8-15(16)28-19/h3-9H,10H2,1-2H3. The molecule has 142 valence electrons. The molecule has 0 radical (unpaired) electrons. The molecule has 0 N–H and O–H groups in total. The van der Waals surface area contributed by atoms with Gasteiger partial charge in [-0.1, -0.05) is 17.4 Å². The summed E-state index contributed by atoms with van der Waals surface area (Å²) in [5.74, 6) is -1.80. The molecule has 0 saturated carbocycles. The van der Waals surface area contributed by atoms with Gasteiger partial charge in [0.15, 0.2) is 10.9 Å². The van der Waals surface area contributed by atoms with Crippen LogP contribution in [-0.2, 0) is 13.6 Å². The number of fused-ring (bicyclic) bond motifs is 1. The van der Waals surface area contributed by atoms with E-state index in [9.17, 15) is 13.6 Å². The maximum absolute atomic E-state index is 14.1. The lowest BCUT2D eigenvalue weighted by atomic mass is 10.2. The Morgan fingerprint density at radius 2 is 2.11 bits per heavy atom. The smallest absolute Gasteiger partial charge is 0.277 e. The quantitative estimate of drug-likeness (QED) is 0.523. The lowest BCUT2D eigenvalue weighted by Crippen LogP contribution is -2.32. The van der Waals surface area contributed by atoms with Crippen molar-refractivity contribution in [2.75, 3.05) is 4.90 Å². The van der Waals surface area contributed by atoms with Gasteiger partial charge < -0.3 is 0 Å². The highest BCUT2D eigenvalue weighted by atomic mass is 32.1. The Morgan fingerprint density at radius 3 is 2.79 bits per heavy atom. The molecule has 9 heteroatoms. The zero-order valence-corrected chi connectivity index (χ0v) is 15.9. The van der Waals surface area contributed by atoms with Gasteiger partial charge in [0, 0.05) is 19.3 Å². The maximum Gasteiger partial charge on any atom is 0.278 e. The van der Waals surface area contributed by atoms with E-state index in [4.69, 9.17) is 0 Å². The zero-order valence-electron chi connectivity index (χ0n) is 15.1. The third kappa shape index (κ3) is 3.24. The van der Waals surface area contributed by atoms with Crippen molar-refractivity contribution in [1.29, 1.82) is 0 Å². The second kappa shape index (κ2) is 7.08. The van der Waals surface area contributed by atoms with Crippen LogP contribution in [0.15, 0.2) is 42.7 Å². The van der Waals surface area contributed by atoms with E-state index in [1.165, 1.54) is 15.6 Å². The van der Waals surface area contributed by atoms with Crippen LogP contribution in [0.2, 0.25) is 0 Å². The Balaban J connectivity index is 1.83. The fraction of sp³-hybridized carbons (Fsp3) is 0.158. The van der Waals surface area contributed by atoms with Crippen LogP contribution in [0.3, 0.4) is 0 Å². The molecule has 0 saturated heterocycles. The Hall–Kier alpha value is -3.20. The van der Waals surface area contributed by atoms with Crippen molar-refractivity contribution in [2.24, 2.45) is 7.05 Å². The number of hydrogen-bond donors (Lipinski definition) is 0. The molecule has 3 heterocycles. The van der Waals surface area contributed by atoms with Crippen LogP contribution < -0.4 is 4.90 Å². The van der Waals surface area contributed by atoms with Crippen LogP contribution in [-0.4, -0.2) is 25.7 Å². The minimum Gasteiger partial charge on any atom is -0.277 e. The number of hydrogen-bond acceptors (Lipinski definition) is 5. The Bertz CT molecular complexity index is 1150. The molecule has 0 fully saturated rings. The van der Waals surface area contributed by atoms with E-state index >= 15 is 0 Å². The highest BCUT2D eigenvalue weighted by Crippen LogP contribution is 2.32. The number of thiazole rings is 1. The number of carbonyl (C=O) groups excluding carboxylic acids is 1. The average molecular weight is 399 g/mol. The third-order valence-electron chi connectivity index (χ3n) is 4.25. The Kier molecular flexibility index (Phi) is 4.60. The summed E-state index contributed by atoms with van der Waals surface area (Å²) in [5, 5.41) is 4.38. The number of anilines is 1. The second-order valence-corrected chi connectivity index (χ2v) is 7.25. The van der Waals surface area contributed by atoms with E-state index in [0.717, 1.165) is 17.4 Å². The van der Waals surface area contributed by atoms with Gasteiger partial charge in [-0.25, -0.2) is 13.8 Å². The number of carbonyl (C=O) groups is 1. The van der Waals surface area contributed by atoms with E-state index in [-0.39, 0.29) is 23.1 Å². The van der Waals surface area contributed by atoms with Gasteiger partial charge in [-0.15, -0.1) is 0 Å². The molecule has 0 unspecified atom stereocenters. The first-order chi connectivity index (χ1) is 13.4. The van der Waals surface area contributed by atoms with Gasteiger partial charge in [0.1, 0.15) is 17.0 Å². The summed E-state index contributed by atoms with van der Waals surface area (Å²) in [7, 11) is 1.67. The molecule has 6 nitrogen and oxygen atoms in total. The fourth-order valence-electron chi connectivity index (χ4n) is 2.92. The molecule has 1 aromatic carbocycles. The topological polar surface area (TPSA) is 63.9 Å². The Labute approximate surface area is 163 Å². The molecular weight excluding hydrogens is 384 g/mol. The number of amides is 1. The molecular formula is C19H15F2N5OS. The van der Waals surface area contributed by atoms with Gasteiger partial charge in [-0.2, -0.15) is 5.10 Å². The van der Waals surface area contributed by atoms with Crippen LogP contribution in [0, 0.1) is 18.6 Å². The number of pyridine rings is 1. The SMILES string of the molecule is Cc1cnn(C)c1C(=O)N(Cc1ccccn1)c1nc2c(F)cc(F)cc2s1. The maximum atomic E-state index is 14.1. The predicted molar refractivity (Wildman–Crippen MR) is 102 cm³/mol. The molecule has 1 amide bonds. The summed E-state index contributed by atoms with van der Waals surface area (Å²) < 4.78 is 29.5. The zero-order chi connectivity index (χ0) is 19.8. The van der Waals surface area contributed by atoms with Crippen molar-refractivity contribution in [3.05, 3.63) is 71.3 Å². The van der Waals surface area contributed by atoms with Crippen LogP contribution in [0.25, 0.3) is 10.2 Å². The minimum atomic E-state index is -0.764. The van der Waals surface area contributed by atoms with Crippen molar-refractivity contribution in [3.8, 4) is 0 Å². The predicted octanol–water partition coefficient (Wildman–Crippen LogP) is 3.86. The van der Waals surface area contributed by atoms with E-state index in [1.807, 2.05) is 6.07 Å². The van der Waals surface area contributed by atoms with Crippen LogP contribution in [0.1, 0.15) is 21.7 Å². The van der Waals surface area contributed by atoms with Gasteiger partial charge in [-0.05, 0) is 30.7 Å². The van der Waals surface area contributed by atoms with Gasteiger partial charge in [-0.3, -0.25) is 19.4 Å². The number of rotatable bonds is 4. The summed E-state index contributed by atoms with van der Waals surface area (Å²) in [6.07, 6.45) is 3.22. The largest absolute Gasteiger partial charge is 0.278 e. The van der Waals surface area contributed by atoms with Gasteiger partial charge in [0.25, 0.3) is 5.91 Å². The fourth-order valence-corrected chi connectivity index (χ4v) is 3.93. The van der Waals surface area contributed by atoms with Crippen molar-refractivity contribution in [3.63, 3.8) is 0 Å². The molecule has 3 aromatic heterocycles. The van der Waals surface area contributed by atoms with Crippen molar-refractivity contribution >= 4 is 32.6 Å². The van der Waals surface area contributed by atoms with Gasteiger partial charge >= 0.3 is 0 Å². The lowest BCUT2D eigenvalue weighted by Gasteiger charge is -2.20. The van der Waals surface area contributed by atoms with Crippen molar-refractivity contribution in [2.45, 2.75) is 13.5 Å². The molecule has 0 aliphatic heterocycles. The summed E-state index contributed by atoms with van der Waals surface area (Å²) in [5.41, 5.74) is 1.77. The number of aryl methyl sites for hydroxylation is 2.